The highest BCUT2D eigenvalue weighted by Crippen LogP contribution is 2.26. The third kappa shape index (κ3) is 4.41. The standard InChI is InChI=1S/C21H25N3O4S2/c1-5-17(24(30(4,27)28)16-9-7-8-14(3)12-16)20(25)22-15-10-11-18-19(13-15)29-21(26)23(18)6-2/h7-13,17H,5-6H2,1-4H3,(H,22,25)/t17-/m1/s1. The van der Waals surface area contributed by atoms with Crippen LogP contribution in [-0.2, 0) is 21.4 Å². The van der Waals surface area contributed by atoms with Crippen molar-refractivity contribution in [2.75, 3.05) is 15.9 Å². The molecule has 3 rings (SSSR count). The molecule has 0 fully saturated rings. The van der Waals surface area contributed by atoms with E-state index in [1.54, 1.807) is 47.9 Å². The molecule has 1 atom stereocenters. The Morgan fingerprint density at radius 2 is 1.93 bits per heavy atom. The van der Waals surface area contributed by atoms with Gasteiger partial charge in [-0.1, -0.05) is 30.4 Å². The summed E-state index contributed by atoms with van der Waals surface area (Å²) in [6.45, 7) is 6.12. The third-order valence-electron chi connectivity index (χ3n) is 4.84. The van der Waals surface area contributed by atoms with Gasteiger partial charge >= 0.3 is 4.87 Å². The molecule has 0 aliphatic heterocycles. The molecule has 0 bridgehead atoms. The normalized spacial score (nSPS) is 12.7. The average Bonchev–Trinajstić information content (AvgIpc) is 2.98. The van der Waals surface area contributed by atoms with E-state index in [0.29, 0.717) is 24.3 Å². The fraction of sp³-hybridized carbons (Fsp3) is 0.333. The summed E-state index contributed by atoms with van der Waals surface area (Å²) in [4.78, 5) is 25.1. The summed E-state index contributed by atoms with van der Waals surface area (Å²) in [7, 11) is -3.69. The lowest BCUT2D eigenvalue weighted by Gasteiger charge is -2.30. The highest BCUT2D eigenvalue weighted by atomic mass is 32.2. The van der Waals surface area contributed by atoms with Gasteiger partial charge in [-0.3, -0.25) is 18.5 Å². The van der Waals surface area contributed by atoms with Crippen LogP contribution in [0.4, 0.5) is 11.4 Å². The fourth-order valence-corrected chi connectivity index (χ4v) is 5.69. The zero-order valence-electron chi connectivity index (χ0n) is 17.4. The Bertz CT molecular complexity index is 1240. The Hall–Kier alpha value is -2.65. The smallest absolute Gasteiger partial charge is 0.308 e. The number of benzene rings is 2. The van der Waals surface area contributed by atoms with Crippen LogP contribution in [0.2, 0.25) is 0 Å². The summed E-state index contributed by atoms with van der Waals surface area (Å²) in [5.74, 6) is -0.425. The van der Waals surface area contributed by atoms with Gasteiger partial charge in [-0.15, -0.1) is 0 Å². The number of anilines is 2. The molecule has 0 aliphatic carbocycles. The molecule has 2 aromatic carbocycles. The number of hydrogen-bond acceptors (Lipinski definition) is 5. The first kappa shape index (κ1) is 22.0. The van der Waals surface area contributed by atoms with Crippen LogP contribution in [-0.4, -0.2) is 31.2 Å². The van der Waals surface area contributed by atoms with E-state index in [2.05, 4.69) is 5.32 Å². The van der Waals surface area contributed by atoms with Crippen molar-refractivity contribution in [3.63, 3.8) is 0 Å². The quantitative estimate of drug-likeness (QED) is 0.600. The molecular formula is C21H25N3O4S2. The Labute approximate surface area is 180 Å². The molecule has 0 aliphatic rings. The number of sulfonamides is 1. The molecular weight excluding hydrogens is 422 g/mol. The first-order chi connectivity index (χ1) is 14.2. The number of fused-ring (bicyclic) bond motifs is 1. The lowest BCUT2D eigenvalue weighted by atomic mass is 10.1. The van der Waals surface area contributed by atoms with Crippen LogP contribution in [0, 0.1) is 6.92 Å². The van der Waals surface area contributed by atoms with E-state index in [-0.39, 0.29) is 4.87 Å². The first-order valence-corrected chi connectivity index (χ1v) is 12.3. The van der Waals surface area contributed by atoms with E-state index < -0.39 is 22.0 Å². The van der Waals surface area contributed by atoms with Gasteiger partial charge in [0.1, 0.15) is 6.04 Å². The molecule has 160 valence electrons. The molecule has 0 radical (unpaired) electrons. The van der Waals surface area contributed by atoms with E-state index in [9.17, 15) is 18.0 Å². The maximum Gasteiger partial charge on any atom is 0.308 e. The Balaban J connectivity index is 1.94. The van der Waals surface area contributed by atoms with Gasteiger partial charge in [0.2, 0.25) is 15.9 Å². The number of carbonyl (C=O) groups excluding carboxylic acids is 1. The first-order valence-electron chi connectivity index (χ1n) is 9.66. The van der Waals surface area contributed by atoms with Crippen molar-refractivity contribution in [2.24, 2.45) is 0 Å². The van der Waals surface area contributed by atoms with E-state index in [1.807, 2.05) is 19.9 Å². The molecule has 7 nitrogen and oxygen atoms in total. The minimum absolute atomic E-state index is 0.0508. The third-order valence-corrected chi connectivity index (χ3v) is 6.96. The lowest BCUT2D eigenvalue weighted by Crippen LogP contribution is -2.47. The van der Waals surface area contributed by atoms with Crippen molar-refractivity contribution in [2.45, 2.75) is 39.8 Å². The van der Waals surface area contributed by atoms with Gasteiger partial charge in [-0.25, -0.2) is 8.42 Å². The maximum atomic E-state index is 13.1. The van der Waals surface area contributed by atoms with E-state index in [4.69, 9.17) is 0 Å². The number of thiazole rings is 1. The lowest BCUT2D eigenvalue weighted by molar-refractivity contribution is -0.117. The Morgan fingerprint density at radius 1 is 1.20 bits per heavy atom. The second-order valence-electron chi connectivity index (χ2n) is 7.11. The molecule has 0 saturated carbocycles. The largest absolute Gasteiger partial charge is 0.324 e. The second kappa shape index (κ2) is 8.61. The molecule has 0 unspecified atom stereocenters. The van der Waals surface area contributed by atoms with Crippen LogP contribution in [0.1, 0.15) is 25.8 Å². The zero-order valence-corrected chi connectivity index (χ0v) is 19.0. The van der Waals surface area contributed by atoms with Crippen molar-refractivity contribution in [3.8, 4) is 0 Å². The van der Waals surface area contributed by atoms with Crippen molar-refractivity contribution >= 4 is 48.9 Å². The van der Waals surface area contributed by atoms with Gasteiger partial charge in [0.25, 0.3) is 0 Å². The number of carbonyl (C=O) groups is 1. The van der Waals surface area contributed by atoms with Crippen molar-refractivity contribution in [3.05, 3.63) is 57.7 Å². The van der Waals surface area contributed by atoms with Crippen molar-refractivity contribution < 1.29 is 13.2 Å². The van der Waals surface area contributed by atoms with Gasteiger partial charge < -0.3 is 5.32 Å². The minimum Gasteiger partial charge on any atom is -0.324 e. The van der Waals surface area contributed by atoms with Crippen molar-refractivity contribution in [1.29, 1.82) is 0 Å². The molecule has 1 heterocycles. The highest BCUT2D eigenvalue weighted by molar-refractivity contribution is 7.92. The van der Waals surface area contributed by atoms with Crippen LogP contribution >= 0.6 is 11.3 Å². The summed E-state index contributed by atoms with van der Waals surface area (Å²) in [5, 5.41) is 2.82. The van der Waals surface area contributed by atoms with Gasteiger partial charge in [0.05, 0.1) is 22.2 Å². The van der Waals surface area contributed by atoms with E-state index >= 15 is 0 Å². The van der Waals surface area contributed by atoms with Gasteiger partial charge in [0.15, 0.2) is 0 Å². The molecule has 0 saturated heterocycles. The number of rotatable bonds is 7. The van der Waals surface area contributed by atoms with Crippen LogP contribution in [0.15, 0.2) is 47.3 Å². The number of nitrogens with one attached hydrogen (secondary N) is 1. The number of aromatic nitrogens is 1. The molecule has 0 spiro atoms. The van der Waals surface area contributed by atoms with Crippen molar-refractivity contribution in [1.82, 2.24) is 4.57 Å². The predicted molar refractivity (Wildman–Crippen MR) is 123 cm³/mol. The molecule has 3 aromatic rings. The summed E-state index contributed by atoms with van der Waals surface area (Å²) < 4.78 is 28.7. The van der Waals surface area contributed by atoms with E-state index in [1.165, 1.54) is 4.31 Å². The average molecular weight is 448 g/mol. The van der Waals surface area contributed by atoms with Crippen LogP contribution in [0.25, 0.3) is 10.2 Å². The predicted octanol–water partition coefficient (Wildman–Crippen LogP) is 3.57. The minimum atomic E-state index is -3.69. The zero-order chi connectivity index (χ0) is 22.1. The topological polar surface area (TPSA) is 88.5 Å². The van der Waals surface area contributed by atoms with Crippen LogP contribution in [0.3, 0.4) is 0 Å². The maximum absolute atomic E-state index is 13.1. The summed E-state index contributed by atoms with van der Waals surface area (Å²) >= 11 is 1.12. The summed E-state index contributed by atoms with van der Waals surface area (Å²) in [6.07, 6.45) is 1.40. The molecule has 1 aromatic heterocycles. The second-order valence-corrected chi connectivity index (χ2v) is 9.96. The number of aryl methyl sites for hydroxylation is 2. The summed E-state index contributed by atoms with van der Waals surface area (Å²) in [5.41, 5.74) is 2.69. The molecule has 9 heteroatoms. The number of amides is 1. The molecule has 1 amide bonds. The number of hydrogen-bond donors (Lipinski definition) is 1. The SMILES string of the molecule is CC[C@H](C(=O)Nc1ccc2c(c1)sc(=O)n2CC)N(c1cccc(C)c1)S(C)(=O)=O. The summed E-state index contributed by atoms with van der Waals surface area (Å²) in [6, 6.07) is 11.4. The highest BCUT2D eigenvalue weighted by Gasteiger charge is 2.31. The molecule has 1 N–H and O–H groups in total. The van der Waals surface area contributed by atoms with E-state index in [0.717, 1.165) is 33.4 Å². The monoisotopic (exact) mass is 447 g/mol. The Kier molecular flexibility index (Phi) is 6.33. The van der Waals surface area contributed by atoms with Crippen LogP contribution in [0.5, 0.6) is 0 Å². The van der Waals surface area contributed by atoms with Crippen LogP contribution < -0.4 is 14.5 Å². The van der Waals surface area contributed by atoms with Gasteiger partial charge in [0, 0.05) is 12.2 Å². The fourth-order valence-electron chi connectivity index (χ4n) is 3.49. The van der Waals surface area contributed by atoms with Gasteiger partial charge in [-0.05, 0) is 56.2 Å². The molecule has 30 heavy (non-hydrogen) atoms. The Morgan fingerprint density at radius 3 is 2.53 bits per heavy atom. The number of nitrogens with zero attached hydrogens (tertiary/aromatic N) is 2. The van der Waals surface area contributed by atoms with Gasteiger partial charge in [-0.2, -0.15) is 0 Å².